The van der Waals surface area contributed by atoms with Crippen molar-refractivity contribution >= 4 is 40.4 Å². The molecular formula is C20H20Cl2N4OS. The molecule has 1 saturated heterocycles. The van der Waals surface area contributed by atoms with Gasteiger partial charge in [0.1, 0.15) is 16.7 Å². The number of hydrogen-bond acceptors (Lipinski definition) is 4. The maximum atomic E-state index is 12.8. The van der Waals surface area contributed by atoms with Gasteiger partial charge >= 0.3 is 0 Å². The molecule has 0 radical (unpaired) electrons. The molecule has 0 atom stereocenters. The molecule has 1 amide bonds. The van der Waals surface area contributed by atoms with E-state index >= 15 is 0 Å². The Morgan fingerprint density at radius 1 is 1.21 bits per heavy atom. The van der Waals surface area contributed by atoms with E-state index in [1.54, 1.807) is 28.4 Å². The largest absolute Gasteiger partial charge is 0.337 e. The first-order valence-corrected chi connectivity index (χ1v) is 10.9. The molecule has 0 spiro atoms. The van der Waals surface area contributed by atoms with Crippen molar-refractivity contribution in [2.24, 2.45) is 0 Å². The Kier molecular flexibility index (Phi) is 5.99. The zero-order valence-electron chi connectivity index (χ0n) is 15.2. The fraction of sp³-hybridized carbons (Fsp3) is 0.350. The van der Waals surface area contributed by atoms with E-state index in [-0.39, 0.29) is 16.8 Å². The van der Waals surface area contributed by atoms with Crippen LogP contribution in [-0.2, 0) is 13.0 Å². The molecule has 3 aromatic rings. The molecule has 146 valence electrons. The standard InChI is InChI=1S/C20H20Cl2N4OS/c21-16-1-2-17(22)24-18(16)20(27)26-9-4-15(5-10-26)19-23-7-11-25(19)8-3-14-6-12-28-13-14/h1-2,6-7,11-13,15H,3-5,8-10H2. The van der Waals surface area contributed by atoms with E-state index in [0.717, 1.165) is 31.6 Å². The second-order valence-corrected chi connectivity index (χ2v) is 8.47. The number of halogens is 2. The van der Waals surface area contributed by atoms with Crippen molar-refractivity contribution in [2.75, 3.05) is 13.1 Å². The van der Waals surface area contributed by atoms with Gasteiger partial charge in [0.15, 0.2) is 0 Å². The van der Waals surface area contributed by atoms with Gasteiger partial charge in [0.2, 0.25) is 0 Å². The number of hydrogen-bond donors (Lipinski definition) is 0. The molecule has 8 heteroatoms. The topological polar surface area (TPSA) is 51.0 Å². The number of likely N-dealkylation sites (tertiary alicyclic amines) is 1. The minimum absolute atomic E-state index is 0.160. The first-order valence-electron chi connectivity index (χ1n) is 9.25. The molecular weight excluding hydrogens is 415 g/mol. The number of piperidine rings is 1. The number of aryl methyl sites for hydroxylation is 2. The van der Waals surface area contributed by atoms with Crippen LogP contribution in [0.15, 0.2) is 41.4 Å². The molecule has 0 aliphatic carbocycles. The van der Waals surface area contributed by atoms with Gasteiger partial charge in [-0.3, -0.25) is 4.79 Å². The monoisotopic (exact) mass is 434 g/mol. The Morgan fingerprint density at radius 2 is 2.04 bits per heavy atom. The SMILES string of the molecule is O=C(c1nc(Cl)ccc1Cl)N1CCC(c2nccn2CCc2ccsc2)CC1. The molecule has 1 fully saturated rings. The van der Waals surface area contributed by atoms with Crippen molar-refractivity contribution in [3.63, 3.8) is 0 Å². The van der Waals surface area contributed by atoms with Gasteiger partial charge < -0.3 is 9.47 Å². The van der Waals surface area contributed by atoms with Crippen LogP contribution in [-0.4, -0.2) is 38.4 Å². The van der Waals surface area contributed by atoms with Gasteiger partial charge in [-0.2, -0.15) is 11.3 Å². The summed E-state index contributed by atoms with van der Waals surface area (Å²) < 4.78 is 2.25. The van der Waals surface area contributed by atoms with Gasteiger partial charge in [0, 0.05) is 37.9 Å². The van der Waals surface area contributed by atoms with Gasteiger partial charge in [0.05, 0.1) is 5.02 Å². The lowest BCUT2D eigenvalue weighted by Crippen LogP contribution is -2.39. The van der Waals surface area contributed by atoms with Gasteiger partial charge in [-0.1, -0.05) is 23.2 Å². The lowest BCUT2D eigenvalue weighted by atomic mass is 9.95. The Morgan fingerprint density at radius 3 is 2.79 bits per heavy atom. The Hall–Kier alpha value is -1.89. The van der Waals surface area contributed by atoms with E-state index in [0.29, 0.717) is 24.0 Å². The highest BCUT2D eigenvalue weighted by atomic mass is 35.5. The Labute approximate surface area is 177 Å². The van der Waals surface area contributed by atoms with Crippen LogP contribution in [0.4, 0.5) is 0 Å². The average Bonchev–Trinajstić information content (AvgIpc) is 3.39. The van der Waals surface area contributed by atoms with E-state index < -0.39 is 0 Å². The maximum Gasteiger partial charge on any atom is 0.274 e. The zero-order chi connectivity index (χ0) is 19.5. The highest BCUT2D eigenvalue weighted by Gasteiger charge is 2.28. The van der Waals surface area contributed by atoms with E-state index in [1.165, 1.54) is 5.56 Å². The summed E-state index contributed by atoms with van der Waals surface area (Å²) in [4.78, 5) is 23.3. The fourth-order valence-corrected chi connectivity index (χ4v) is 4.65. The quantitative estimate of drug-likeness (QED) is 0.536. The first-order chi connectivity index (χ1) is 13.6. The number of aromatic nitrogens is 3. The summed E-state index contributed by atoms with van der Waals surface area (Å²) in [5.41, 5.74) is 1.58. The molecule has 28 heavy (non-hydrogen) atoms. The summed E-state index contributed by atoms with van der Waals surface area (Å²) in [7, 11) is 0. The minimum atomic E-state index is -0.160. The molecule has 4 heterocycles. The van der Waals surface area contributed by atoms with Crippen molar-refractivity contribution in [1.82, 2.24) is 19.4 Å². The van der Waals surface area contributed by atoms with Crippen molar-refractivity contribution in [2.45, 2.75) is 31.7 Å². The van der Waals surface area contributed by atoms with Crippen LogP contribution in [0.25, 0.3) is 0 Å². The van der Waals surface area contributed by atoms with Crippen LogP contribution in [0.1, 0.15) is 40.6 Å². The van der Waals surface area contributed by atoms with Gasteiger partial charge in [-0.25, -0.2) is 9.97 Å². The smallest absolute Gasteiger partial charge is 0.274 e. The molecule has 4 rings (SSSR count). The second kappa shape index (κ2) is 8.64. The van der Waals surface area contributed by atoms with Crippen LogP contribution >= 0.6 is 34.5 Å². The predicted octanol–water partition coefficient (Wildman–Crippen LogP) is 4.91. The van der Waals surface area contributed by atoms with E-state index in [2.05, 4.69) is 37.6 Å². The number of carbonyl (C=O) groups is 1. The minimum Gasteiger partial charge on any atom is -0.337 e. The van der Waals surface area contributed by atoms with E-state index in [1.807, 2.05) is 6.20 Å². The van der Waals surface area contributed by atoms with Crippen LogP contribution in [0.2, 0.25) is 10.2 Å². The predicted molar refractivity (Wildman–Crippen MR) is 112 cm³/mol. The third-order valence-electron chi connectivity index (χ3n) is 5.13. The molecule has 0 bridgehead atoms. The third kappa shape index (κ3) is 4.24. The van der Waals surface area contributed by atoms with E-state index in [4.69, 9.17) is 23.2 Å². The summed E-state index contributed by atoms with van der Waals surface area (Å²) in [6.45, 7) is 2.24. The number of nitrogens with zero attached hydrogens (tertiary/aromatic N) is 4. The summed E-state index contributed by atoms with van der Waals surface area (Å²) in [6.07, 6.45) is 6.67. The van der Waals surface area contributed by atoms with Crippen LogP contribution in [0.3, 0.4) is 0 Å². The lowest BCUT2D eigenvalue weighted by Gasteiger charge is -2.32. The van der Waals surface area contributed by atoms with Crippen LogP contribution in [0.5, 0.6) is 0 Å². The van der Waals surface area contributed by atoms with Crippen molar-refractivity contribution in [3.05, 3.63) is 68.6 Å². The van der Waals surface area contributed by atoms with Crippen LogP contribution in [0, 0.1) is 0 Å². The van der Waals surface area contributed by atoms with Gasteiger partial charge in [0.25, 0.3) is 5.91 Å². The number of carbonyl (C=O) groups excluding carboxylic acids is 1. The van der Waals surface area contributed by atoms with Crippen molar-refractivity contribution in [3.8, 4) is 0 Å². The fourth-order valence-electron chi connectivity index (χ4n) is 3.61. The normalized spacial score (nSPS) is 15.1. The number of thiophene rings is 1. The van der Waals surface area contributed by atoms with Gasteiger partial charge in [-0.05, 0) is 53.8 Å². The first kappa shape index (κ1) is 19.4. The van der Waals surface area contributed by atoms with Gasteiger partial charge in [-0.15, -0.1) is 0 Å². The lowest BCUT2D eigenvalue weighted by molar-refractivity contribution is 0.0704. The number of amides is 1. The highest BCUT2D eigenvalue weighted by molar-refractivity contribution is 7.07. The van der Waals surface area contributed by atoms with Crippen molar-refractivity contribution in [1.29, 1.82) is 0 Å². The van der Waals surface area contributed by atoms with Crippen LogP contribution < -0.4 is 0 Å². The summed E-state index contributed by atoms with van der Waals surface area (Å²) in [5.74, 6) is 1.30. The number of rotatable bonds is 5. The summed E-state index contributed by atoms with van der Waals surface area (Å²) in [6, 6.07) is 5.37. The molecule has 3 aromatic heterocycles. The summed E-state index contributed by atoms with van der Waals surface area (Å²) >= 11 is 13.8. The molecule has 0 saturated carbocycles. The third-order valence-corrected chi connectivity index (χ3v) is 6.38. The molecule has 1 aliphatic rings. The Balaban J connectivity index is 1.39. The highest BCUT2D eigenvalue weighted by Crippen LogP contribution is 2.29. The molecule has 0 N–H and O–H groups in total. The summed E-state index contributed by atoms with van der Waals surface area (Å²) in [5, 5.41) is 4.91. The average molecular weight is 435 g/mol. The van der Waals surface area contributed by atoms with E-state index in [9.17, 15) is 4.79 Å². The molecule has 0 aromatic carbocycles. The second-order valence-electron chi connectivity index (χ2n) is 6.89. The van der Waals surface area contributed by atoms with Crippen molar-refractivity contribution < 1.29 is 4.79 Å². The Bertz CT molecular complexity index is 949. The number of imidazole rings is 1. The molecule has 5 nitrogen and oxygen atoms in total. The number of pyridine rings is 1. The molecule has 0 unspecified atom stereocenters. The zero-order valence-corrected chi connectivity index (χ0v) is 17.6. The molecule has 1 aliphatic heterocycles. The maximum absolute atomic E-state index is 12.8.